The van der Waals surface area contributed by atoms with Crippen LogP contribution in [0.25, 0.3) is 0 Å². The highest BCUT2D eigenvalue weighted by Gasteiger charge is 2.32. The van der Waals surface area contributed by atoms with Gasteiger partial charge in [-0.25, -0.2) is 4.79 Å². The quantitative estimate of drug-likeness (QED) is 0.482. The Bertz CT molecular complexity index is 576. The number of carbonyl (C=O) groups excluding carboxylic acids is 2. The normalized spacial score (nSPS) is 14.7. The van der Waals surface area contributed by atoms with Crippen molar-refractivity contribution in [3.63, 3.8) is 0 Å². The van der Waals surface area contributed by atoms with Crippen molar-refractivity contribution >= 4 is 29.1 Å². The molecule has 1 aromatic carbocycles. The van der Waals surface area contributed by atoms with E-state index in [1.807, 2.05) is 12.1 Å². The van der Waals surface area contributed by atoms with E-state index in [9.17, 15) is 9.59 Å². The zero-order valence-corrected chi connectivity index (χ0v) is 12.6. The van der Waals surface area contributed by atoms with Crippen molar-refractivity contribution in [2.45, 2.75) is 6.42 Å². The second-order valence-electron chi connectivity index (χ2n) is 4.75. The van der Waals surface area contributed by atoms with E-state index >= 15 is 0 Å². The van der Waals surface area contributed by atoms with Gasteiger partial charge in [0.05, 0.1) is 12.2 Å². The maximum atomic E-state index is 11.7. The van der Waals surface area contributed by atoms with Crippen LogP contribution in [-0.2, 0) is 4.79 Å². The van der Waals surface area contributed by atoms with E-state index in [2.05, 4.69) is 0 Å². The number of amides is 3. The van der Waals surface area contributed by atoms with Crippen molar-refractivity contribution in [2.75, 3.05) is 26.7 Å². The van der Waals surface area contributed by atoms with E-state index < -0.39 is 0 Å². The minimum atomic E-state index is -0.261. The Morgan fingerprint density at radius 3 is 2.71 bits per heavy atom. The van der Waals surface area contributed by atoms with Crippen LogP contribution >= 0.6 is 12.2 Å². The highest BCUT2D eigenvalue weighted by Crippen LogP contribution is 2.18. The molecule has 0 atom stereocenters. The van der Waals surface area contributed by atoms with E-state index in [1.165, 1.54) is 9.80 Å². The van der Waals surface area contributed by atoms with Crippen LogP contribution in [0, 0.1) is 0 Å². The molecule has 112 valence electrons. The Morgan fingerprint density at radius 1 is 1.38 bits per heavy atom. The lowest BCUT2D eigenvalue weighted by atomic mass is 10.2. The topological polar surface area (TPSA) is 75.9 Å². The number of carbonyl (C=O) groups is 2. The first-order chi connectivity index (χ1) is 10.0. The Hall–Kier alpha value is -2.15. The average molecular weight is 307 g/mol. The molecular formula is C14H17N3O3S. The lowest BCUT2D eigenvalue weighted by molar-refractivity contribution is -0.125. The van der Waals surface area contributed by atoms with Crippen molar-refractivity contribution in [3.8, 4) is 5.75 Å². The minimum Gasteiger partial charge on any atom is -0.493 e. The predicted octanol–water partition coefficient (Wildman–Crippen LogP) is 0.984. The molecule has 0 spiro atoms. The van der Waals surface area contributed by atoms with Gasteiger partial charge in [0.15, 0.2) is 0 Å². The summed E-state index contributed by atoms with van der Waals surface area (Å²) < 4.78 is 5.63. The number of hydrogen-bond acceptors (Lipinski definition) is 4. The van der Waals surface area contributed by atoms with E-state index in [1.54, 1.807) is 19.2 Å². The molecule has 7 heteroatoms. The molecule has 1 fully saturated rings. The van der Waals surface area contributed by atoms with E-state index in [4.69, 9.17) is 22.7 Å². The monoisotopic (exact) mass is 307 g/mol. The van der Waals surface area contributed by atoms with Crippen molar-refractivity contribution in [1.82, 2.24) is 9.80 Å². The predicted molar refractivity (Wildman–Crippen MR) is 82.2 cm³/mol. The third-order valence-corrected chi connectivity index (χ3v) is 3.39. The molecule has 1 aliphatic heterocycles. The van der Waals surface area contributed by atoms with E-state index in [0.717, 1.165) is 0 Å². The minimum absolute atomic E-state index is 0.143. The smallest absolute Gasteiger partial charge is 0.326 e. The Labute approximate surface area is 128 Å². The van der Waals surface area contributed by atoms with Crippen LogP contribution in [0.2, 0.25) is 0 Å². The highest BCUT2D eigenvalue weighted by atomic mass is 32.1. The van der Waals surface area contributed by atoms with Crippen LogP contribution in [0.3, 0.4) is 0 Å². The van der Waals surface area contributed by atoms with Crippen molar-refractivity contribution in [1.29, 1.82) is 0 Å². The fourth-order valence-electron chi connectivity index (χ4n) is 2.09. The number of para-hydroxylation sites is 1. The summed E-state index contributed by atoms with van der Waals surface area (Å²) >= 11 is 4.95. The third-order valence-electron chi connectivity index (χ3n) is 3.17. The molecule has 2 rings (SSSR count). The number of imide groups is 1. The molecule has 21 heavy (non-hydrogen) atoms. The fourth-order valence-corrected chi connectivity index (χ4v) is 2.26. The van der Waals surface area contributed by atoms with Gasteiger partial charge in [-0.15, -0.1) is 0 Å². The summed E-state index contributed by atoms with van der Waals surface area (Å²) in [6, 6.07) is 6.98. The highest BCUT2D eigenvalue weighted by molar-refractivity contribution is 7.80. The summed E-state index contributed by atoms with van der Waals surface area (Å²) in [5.74, 6) is 0.437. The summed E-state index contributed by atoms with van der Waals surface area (Å²) in [6.07, 6.45) is 0.553. The van der Waals surface area contributed by atoms with Crippen LogP contribution in [0.4, 0.5) is 4.79 Å². The van der Waals surface area contributed by atoms with Gasteiger partial charge in [-0.3, -0.25) is 9.69 Å². The summed E-state index contributed by atoms with van der Waals surface area (Å²) in [5.41, 5.74) is 6.30. The maximum Gasteiger partial charge on any atom is 0.326 e. The van der Waals surface area contributed by atoms with Crippen molar-refractivity contribution in [3.05, 3.63) is 29.8 Å². The first kappa shape index (κ1) is 15.2. The summed E-state index contributed by atoms with van der Waals surface area (Å²) in [7, 11) is 1.61. The second kappa shape index (κ2) is 6.53. The maximum absolute atomic E-state index is 11.7. The number of urea groups is 1. The van der Waals surface area contributed by atoms with Gasteiger partial charge in [0.1, 0.15) is 17.3 Å². The molecule has 0 bridgehead atoms. The standard InChI is InChI=1S/C14H17N3O3S/c1-16-9-12(18)17(14(16)19)7-4-8-20-11-6-3-2-5-10(11)13(15)21/h2-3,5-6H,4,7-9H2,1H3,(H2,15,21). The third kappa shape index (κ3) is 3.49. The molecule has 1 aliphatic rings. The van der Waals surface area contributed by atoms with Crippen molar-refractivity contribution < 1.29 is 14.3 Å². The summed E-state index contributed by atoms with van der Waals surface area (Å²) in [4.78, 5) is 26.2. The molecule has 1 saturated heterocycles. The molecule has 3 amide bonds. The van der Waals surface area contributed by atoms with Gasteiger partial charge in [0.25, 0.3) is 0 Å². The van der Waals surface area contributed by atoms with Crippen molar-refractivity contribution in [2.24, 2.45) is 5.73 Å². The van der Waals surface area contributed by atoms with Crippen LogP contribution in [-0.4, -0.2) is 53.5 Å². The molecular weight excluding hydrogens is 290 g/mol. The largest absolute Gasteiger partial charge is 0.493 e. The molecule has 0 radical (unpaired) electrons. The average Bonchev–Trinajstić information content (AvgIpc) is 2.69. The zero-order chi connectivity index (χ0) is 15.4. The molecule has 2 N–H and O–H groups in total. The van der Waals surface area contributed by atoms with Gasteiger partial charge in [-0.2, -0.15) is 0 Å². The van der Waals surface area contributed by atoms with E-state index in [0.29, 0.717) is 30.9 Å². The number of rotatable bonds is 6. The Morgan fingerprint density at radius 2 is 2.10 bits per heavy atom. The Balaban J connectivity index is 1.84. The molecule has 0 aromatic heterocycles. The zero-order valence-electron chi connectivity index (χ0n) is 11.7. The van der Waals surface area contributed by atoms with Crippen LogP contribution < -0.4 is 10.5 Å². The molecule has 0 unspecified atom stereocenters. The number of ether oxygens (including phenoxy) is 1. The number of likely N-dealkylation sites (N-methyl/N-ethyl adjacent to an activating group) is 1. The molecule has 0 saturated carbocycles. The van der Waals surface area contributed by atoms with Gasteiger partial charge in [0.2, 0.25) is 5.91 Å². The molecule has 1 heterocycles. The fraction of sp³-hybridized carbons (Fsp3) is 0.357. The van der Waals surface area contributed by atoms with Gasteiger partial charge in [-0.05, 0) is 18.6 Å². The summed E-state index contributed by atoms with van der Waals surface area (Å²) in [6.45, 7) is 0.863. The number of thiocarbonyl (C=S) groups is 1. The van der Waals surface area contributed by atoms with Crippen LogP contribution in [0.15, 0.2) is 24.3 Å². The molecule has 1 aromatic rings. The summed E-state index contributed by atoms with van der Waals surface area (Å²) in [5, 5.41) is 0. The lowest BCUT2D eigenvalue weighted by Gasteiger charge is -2.15. The van der Waals surface area contributed by atoms with Crippen LogP contribution in [0.5, 0.6) is 5.75 Å². The second-order valence-corrected chi connectivity index (χ2v) is 5.19. The van der Waals surface area contributed by atoms with Gasteiger partial charge >= 0.3 is 6.03 Å². The van der Waals surface area contributed by atoms with Crippen LogP contribution in [0.1, 0.15) is 12.0 Å². The number of benzene rings is 1. The van der Waals surface area contributed by atoms with Gasteiger partial charge in [0, 0.05) is 13.6 Å². The van der Waals surface area contributed by atoms with Gasteiger partial charge in [-0.1, -0.05) is 24.4 Å². The van der Waals surface area contributed by atoms with Gasteiger partial charge < -0.3 is 15.4 Å². The number of hydrogen-bond donors (Lipinski definition) is 1. The Kier molecular flexibility index (Phi) is 4.74. The molecule has 6 nitrogen and oxygen atoms in total. The number of nitrogens with zero attached hydrogens (tertiary/aromatic N) is 2. The van der Waals surface area contributed by atoms with E-state index in [-0.39, 0.29) is 23.5 Å². The first-order valence-corrected chi connectivity index (χ1v) is 6.98. The number of nitrogens with two attached hydrogens (primary N) is 1. The SMILES string of the molecule is CN1CC(=O)N(CCCOc2ccccc2C(N)=S)C1=O. The molecule has 0 aliphatic carbocycles. The lowest BCUT2D eigenvalue weighted by Crippen LogP contribution is -2.33. The first-order valence-electron chi connectivity index (χ1n) is 6.58.